The normalized spacial score (nSPS) is 16.1. The third kappa shape index (κ3) is 3.21. The number of carbonyl (C=O) groups is 2. The van der Waals surface area contributed by atoms with Crippen molar-refractivity contribution >= 4 is 11.7 Å². The highest BCUT2D eigenvalue weighted by molar-refractivity contribution is 5.97. The minimum absolute atomic E-state index is 0.0945. The molecule has 2 aromatic rings. The number of ketones is 1. The number of amides is 1. The molecule has 1 aromatic heterocycles. The highest BCUT2D eigenvalue weighted by Crippen LogP contribution is 2.34. The highest BCUT2D eigenvalue weighted by Gasteiger charge is 2.35. The van der Waals surface area contributed by atoms with Gasteiger partial charge in [0.25, 0.3) is 0 Å². The summed E-state index contributed by atoms with van der Waals surface area (Å²) in [6, 6.07) is 9.60. The van der Waals surface area contributed by atoms with E-state index in [-0.39, 0.29) is 22.2 Å². The number of benzene rings is 1. The van der Waals surface area contributed by atoms with Crippen LogP contribution in [0.5, 0.6) is 0 Å². The minimum atomic E-state index is -0.425. The molecule has 1 aromatic carbocycles. The van der Waals surface area contributed by atoms with Crippen molar-refractivity contribution in [1.29, 1.82) is 5.26 Å². The first-order valence-corrected chi connectivity index (χ1v) is 8.44. The SMILES string of the molecule is CC(=O)N=c1c(C#N)c2c(nn1-c1ccc(C)cc1)C(=O)CC(C)(C)C2. The summed E-state index contributed by atoms with van der Waals surface area (Å²) in [7, 11) is 0. The lowest BCUT2D eigenvalue weighted by atomic mass is 9.74. The summed E-state index contributed by atoms with van der Waals surface area (Å²) in [5.41, 5.74) is 2.74. The fourth-order valence-corrected chi connectivity index (χ4v) is 3.26. The Hall–Kier alpha value is -3.07. The van der Waals surface area contributed by atoms with E-state index in [1.165, 1.54) is 11.6 Å². The smallest absolute Gasteiger partial charge is 0.244 e. The summed E-state index contributed by atoms with van der Waals surface area (Å²) in [5.74, 6) is -0.520. The molecule has 0 saturated carbocycles. The number of aryl methyl sites for hydroxylation is 1. The summed E-state index contributed by atoms with van der Waals surface area (Å²) >= 11 is 0. The quantitative estimate of drug-likeness (QED) is 0.792. The zero-order valence-electron chi connectivity index (χ0n) is 15.3. The first kappa shape index (κ1) is 17.7. The molecule has 0 bridgehead atoms. The molecule has 1 heterocycles. The number of rotatable bonds is 1. The average Bonchev–Trinajstić information content (AvgIpc) is 2.54. The summed E-state index contributed by atoms with van der Waals surface area (Å²) in [5, 5.41) is 14.3. The number of hydrogen-bond donors (Lipinski definition) is 0. The molecule has 0 aliphatic heterocycles. The molecule has 0 unspecified atom stereocenters. The van der Waals surface area contributed by atoms with E-state index in [1.54, 1.807) is 0 Å². The Morgan fingerprint density at radius 1 is 1.27 bits per heavy atom. The first-order valence-electron chi connectivity index (χ1n) is 8.44. The standard InChI is InChI=1S/C20H20N4O2/c1-12-5-7-14(8-6-12)24-19(22-13(2)25)16(11-21)15-9-20(3,4)10-17(26)18(15)23-24/h5-8H,9-10H2,1-4H3. The molecular formula is C20H20N4O2. The van der Waals surface area contributed by atoms with E-state index in [0.29, 0.717) is 29.8 Å². The Labute approximate surface area is 151 Å². The van der Waals surface area contributed by atoms with E-state index >= 15 is 0 Å². The van der Waals surface area contributed by atoms with Gasteiger partial charge in [0.05, 0.1) is 5.69 Å². The van der Waals surface area contributed by atoms with Crippen LogP contribution in [0, 0.1) is 23.7 Å². The summed E-state index contributed by atoms with van der Waals surface area (Å²) < 4.78 is 1.43. The van der Waals surface area contributed by atoms with Crippen molar-refractivity contribution in [3.05, 3.63) is 52.1 Å². The van der Waals surface area contributed by atoms with Crippen LogP contribution in [0.4, 0.5) is 0 Å². The zero-order valence-corrected chi connectivity index (χ0v) is 15.3. The number of carbonyl (C=O) groups excluding carboxylic acids is 2. The lowest BCUT2D eigenvalue weighted by Gasteiger charge is -2.30. The molecule has 0 saturated heterocycles. The molecule has 0 fully saturated rings. The molecule has 0 atom stereocenters. The summed E-state index contributed by atoms with van der Waals surface area (Å²) in [4.78, 5) is 28.4. The van der Waals surface area contributed by atoms with E-state index in [1.807, 2.05) is 45.0 Å². The molecule has 0 N–H and O–H groups in total. The second-order valence-corrected chi connectivity index (χ2v) is 7.46. The van der Waals surface area contributed by atoms with Gasteiger partial charge in [-0.1, -0.05) is 31.5 Å². The molecule has 3 rings (SSSR count). The molecule has 1 amide bonds. The van der Waals surface area contributed by atoms with Gasteiger partial charge in [-0.3, -0.25) is 9.59 Å². The average molecular weight is 348 g/mol. The third-order valence-electron chi connectivity index (χ3n) is 4.42. The first-order chi connectivity index (χ1) is 12.2. The van der Waals surface area contributed by atoms with Gasteiger partial charge in [-0.25, -0.2) is 4.68 Å². The Morgan fingerprint density at radius 3 is 2.50 bits per heavy atom. The maximum atomic E-state index is 12.7. The van der Waals surface area contributed by atoms with Gasteiger partial charge in [-0.2, -0.15) is 15.4 Å². The van der Waals surface area contributed by atoms with Crippen molar-refractivity contribution in [3.63, 3.8) is 0 Å². The van der Waals surface area contributed by atoms with Crippen LogP contribution in [-0.2, 0) is 11.2 Å². The lowest BCUT2D eigenvalue weighted by Crippen LogP contribution is -2.36. The predicted molar refractivity (Wildman–Crippen MR) is 95.7 cm³/mol. The Bertz CT molecular complexity index is 1020. The number of nitrogens with zero attached hydrogens (tertiary/aromatic N) is 4. The van der Waals surface area contributed by atoms with Gasteiger partial charge >= 0.3 is 0 Å². The van der Waals surface area contributed by atoms with Gasteiger partial charge in [-0.05, 0) is 30.9 Å². The topological polar surface area (TPSA) is 88.1 Å². The minimum Gasteiger partial charge on any atom is -0.292 e. The number of Topliss-reactive ketones (excluding diaryl/α,β-unsaturated/α-hetero) is 1. The van der Waals surface area contributed by atoms with E-state index < -0.39 is 5.91 Å². The monoisotopic (exact) mass is 348 g/mol. The molecule has 1 aliphatic carbocycles. The molecule has 0 radical (unpaired) electrons. The predicted octanol–water partition coefficient (Wildman–Crippen LogP) is 2.65. The maximum absolute atomic E-state index is 12.7. The number of fused-ring (bicyclic) bond motifs is 1. The fraction of sp³-hybridized carbons (Fsp3) is 0.350. The maximum Gasteiger partial charge on any atom is 0.244 e. The molecule has 1 aliphatic rings. The van der Waals surface area contributed by atoms with E-state index in [0.717, 1.165) is 5.56 Å². The van der Waals surface area contributed by atoms with Crippen LogP contribution in [0.15, 0.2) is 29.3 Å². The number of aromatic nitrogens is 2. The zero-order chi connectivity index (χ0) is 19.1. The Morgan fingerprint density at radius 2 is 1.92 bits per heavy atom. The second kappa shape index (κ2) is 6.34. The second-order valence-electron chi connectivity index (χ2n) is 7.46. The van der Waals surface area contributed by atoms with Crippen LogP contribution in [-0.4, -0.2) is 21.5 Å². The van der Waals surface area contributed by atoms with Crippen molar-refractivity contribution in [2.75, 3.05) is 0 Å². The van der Waals surface area contributed by atoms with Crippen LogP contribution in [0.1, 0.15) is 54.4 Å². The van der Waals surface area contributed by atoms with Crippen molar-refractivity contribution in [3.8, 4) is 11.8 Å². The van der Waals surface area contributed by atoms with Crippen molar-refractivity contribution in [2.45, 2.75) is 40.5 Å². The number of nitriles is 1. The summed E-state index contributed by atoms with van der Waals surface area (Å²) in [6.45, 7) is 7.26. The molecule has 6 nitrogen and oxygen atoms in total. The molecule has 132 valence electrons. The van der Waals surface area contributed by atoms with Crippen molar-refractivity contribution in [2.24, 2.45) is 10.4 Å². The van der Waals surface area contributed by atoms with Gasteiger partial charge in [0, 0.05) is 18.9 Å². The van der Waals surface area contributed by atoms with Gasteiger partial charge in [0.15, 0.2) is 11.3 Å². The Balaban J connectivity index is 2.41. The number of hydrogen-bond acceptors (Lipinski definition) is 4. The lowest BCUT2D eigenvalue weighted by molar-refractivity contribution is -0.116. The van der Waals surface area contributed by atoms with E-state index in [9.17, 15) is 14.9 Å². The van der Waals surface area contributed by atoms with Crippen LogP contribution >= 0.6 is 0 Å². The highest BCUT2D eigenvalue weighted by atomic mass is 16.1. The van der Waals surface area contributed by atoms with E-state index in [4.69, 9.17) is 0 Å². The third-order valence-corrected chi connectivity index (χ3v) is 4.42. The van der Waals surface area contributed by atoms with Gasteiger partial charge in [-0.15, -0.1) is 0 Å². The van der Waals surface area contributed by atoms with Gasteiger partial charge in [0.1, 0.15) is 17.3 Å². The molecule has 0 spiro atoms. The Kier molecular flexibility index (Phi) is 4.33. The molecular weight excluding hydrogens is 328 g/mol. The molecule has 26 heavy (non-hydrogen) atoms. The van der Waals surface area contributed by atoms with Crippen molar-refractivity contribution in [1.82, 2.24) is 9.78 Å². The van der Waals surface area contributed by atoms with Crippen LogP contribution in [0.25, 0.3) is 5.69 Å². The fourth-order valence-electron chi connectivity index (χ4n) is 3.26. The van der Waals surface area contributed by atoms with Gasteiger partial charge in [0.2, 0.25) is 5.91 Å². The summed E-state index contributed by atoms with van der Waals surface area (Å²) in [6.07, 6.45) is 0.911. The molecule has 6 heteroatoms. The van der Waals surface area contributed by atoms with Crippen LogP contribution < -0.4 is 5.49 Å². The van der Waals surface area contributed by atoms with Gasteiger partial charge < -0.3 is 0 Å². The van der Waals surface area contributed by atoms with Crippen molar-refractivity contribution < 1.29 is 9.59 Å². The largest absolute Gasteiger partial charge is 0.292 e. The van der Waals surface area contributed by atoms with Crippen LogP contribution in [0.2, 0.25) is 0 Å². The van der Waals surface area contributed by atoms with E-state index in [2.05, 4.69) is 16.2 Å². The van der Waals surface area contributed by atoms with Crippen LogP contribution in [0.3, 0.4) is 0 Å².